The fourth-order valence-electron chi connectivity index (χ4n) is 1.74. The Morgan fingerprint density at radius 2 is 2.27 bits per heavy atom. The number of thiazole rings is 1. The summed E-state index contributed by atoms with van der Waals surface area (Å²) in [5.74, 6) is 0.674. The number of nitrogens with zero attached hydrogens (tertiary/aromatic N) is 2. The minimum atomic E-state index is 0.272. The fourth-order valence-corrected chi connectivity index (χ4v) is 2.29. The van der Waals surface area contributed by atoms with Crippen LogP contribution >= 0.6 is 11.3 Å². The molecule has 0 aliphatic rings. The largest absolute Gasteiger partial charge is 0.327 e. The van der Waals surface area contributed by atoms with E-state index in [9.17, 15) is 0 Å². The van der Waals surface area contributed by atoms with Crippen molar-refractivity contribution in [3.8, 4) is 0 Å². The van der Waals surface area contributed by atoms with E-state index in [2.05, 4.69) is 36.2 Å². The summed E-state index contributed by atoms with van der Waals surface area (Å²) in [6.45, 7) is 6.26. The molecule has 15 heavy (non-hydrogen) atoms. The first-order valence-electron chi connectivity index (χ1n) is 5.39. The minimum Gasteiger partial charge on any atom is -0.327 e. The van der Waals surface area contributed by atoms with Gasteiger partial charge in [0.1, 0.15) is 0 Å². The van der Waals surface area contributed by atoms with Gasteiger partial charge in [0, 0.05) is 24.5 Å². The molecule has 0 radical (unpaired) electrons. The molecule has 1 unspecified atom stereocenters. The Kier molecular flexibility index (Phi) is 5.22. The lowest BCUT2D eigenvalue weighted by Crippen LogP contribution is -2.35. The molecule has 0 spiro atoms. The Morgan fingerprint density at radius 3 is 2.80 bits per heavy atom. The number of aromatic nitrogens is 1. The standard InChI is InChI=1S/C11H21N3S/c1-9(2)4-10(12)5-14(3)6-11-7-15-8-13-11/h7-10H,4-6,12H2,1-3H3. The molecule has 1 rings (SSSR count). The highest BCUT2D eigenvalue weighted by molar-refractivity contribution is 7.07. The second kappa shape index (κ2) is 6.20. The molecule has 0 aliphatic carbocycles. The number of rotatable bonds is 6. The lowest BCUT2D eigenvalue weighted by molar-refractivity contribution is 0.285. The van der Waals surface area contributed by atoms with Gasteiger partial charge < -0.3 is 5.73 Å². The van der Waals surface area contributed by atoms with Gasteiger partial charge >= 0.3 is 0 Å². The molecule has 0 saturated carbocycles. The molecular formula is C11H21N3S. The molecule has 4 heteroatoms. The highest BCUT2D eigenvalue weighted by atomic mass is 32.1. The monoisotopic (exact) mass is 227 g/mol. The van der Waals surface area contributed by atoms with E-state index in [1.54, 1.807) is 11.3 Å². The number of hydrogen-bond donors (Lipinski definition) is 1. The second-order valence-corrected chi connectivity index (χ2v) is 5.28. The van der Waals surface area contributed by atoms with E-state index in [-0.39, 0.29) is 6.04 Å². The van der Waals surface area contributed by atoms with E-state index < -0.39 is 0 Å². The third-order valence-corrected chi connectivity index (χ3v) is 2.87. The van der Waals surface area contributed by atoms with Crippen LogP contribution in [0.3, 0.4) is 0 Å². The Bertz CT molecular complexity index is 259. The summed E-state index contributed by atoms with van der Waals surface area (Å²) in [5.41, 5.74) is 9.06. The maximum absolute atomic E-state index is 6.05. The molecule has 0 aliphatic heterocycles. The zero-order chi connectivity index (χ0) is 11.3. The SMILES string of the molecule is CC(C)CC(N)CN(C)Cc1cscn1. The molecule has 0 saturated heterocycles. The summed E-state index contributed by atoms with van der Waals surface area (Å²) >= 11 is 1.64. The van der Waals surface area contributed by atoms with Crippen LogP contribution in [0.1, 0.15) is 26.0 Å². The molecule has 0 aromatic carbocycles. The van der Waals surface area contributed by atoms with Crippen molar-refractivity contribution in [1.82, 2.24) is 9.88 Å². The molecule has 1 aromatic rings. The number of hydrogen-bond acceptors (Lipinski definition) is 4. The lowest BCUT2D eigenvalue weighted by Gasteiger charge is -2.21. The summed E-state index contributed by atoms with van der Waals surface area (Å²) in [6, 6.07) is 0.272. The van der Waals surface area contributed by atoms with Crippen LogP contribution in [-0.2, 0) is 6.54 Å². The first kappa shape index (κ1) is 12.6. The van der Waals surface area contributed by atoms with Crippen LogP contribution in [0.5, 0.6) is 0 Å². The topological polar surface area (TPSA) is 42.1 Å². The van der Waals surface area contributed by atoms with Crippen LogP contribution in [0.25, 0.3) is 0 Å². The van der Waals surface area contributed by atoms with E-state index in [0.29, 0.717) is 5.92 Å². The molecule has 1 atom stereocenters. The average molecular weight is 227 g/mol. The normalized spacial score (nSPS) is 13.7. The zero-order valence-corrected chi connectivity index (χ0v) is 10.6. The van der Waals surface area contributed by atoms with Crippen LogP contribution in [0.15, 0.2) is 10.9 Å². The van der Waals surface area contributed by atoms with E-state index in [1.807, 2.05) is 5.51 Å². The third-order valence-electron chi connectivity index (χ3n) is 2.24. The highest BCUT2D eigenvalue weighted by Crippen LogP contribution is 2.07. The predicted octanol–water partition coefficient (Wildman–Crippen LogP) is 1.95. The van der Waals surface area contributed by atoms with Crippen LogP contribution < -0.4 is 5.73 Å². The zero-order valence-electron chi connectivity index (χ0n) is 9.81. The number of likely N-dealkylation sites (N-methyl/N-ethyl adjacent to an activating group) is 1. The van der Waals surface area contributed by atoms with Gasteiger partial charge in [-0.05, 0) is 19.4 Å². The maximum atomic E-state index is 6.05. The Balaban J connectivity index is 2.26. The minimum absolute atomic E-state index is 0.272. The molecule has 2 N–H and O–H groups in total. The fraction of sp³-hybridized carbons (Fsp3) is 0.727. The molecular weight excluding hydrogens is 206 g/mol. The van der Waals surface area contributed by atoms with Crippen molar-refractivity contribution in [3.05, 3.63) is 16.6 Å². The lowest BCUT2D eigenvalue weighted by atomic mass is 10.0. The van der Waals surface area contributed by atoms with Crippen LogP contribution in [0, 0.1) is 5.92 Å². The predicted molar refractivity (Wildman–Crippen MR) is 65.9 cm³/mol. The van der Waals surface area contributed by atoms with Crippen molar-refractivity contribution in [2.75, 3.05) is 13.6 Å². The quantitative estimate of drug-likeness (QED) is 0.807. The van der Waals surface area contributed by atoms with E-state index in [4.69, 9.17) is 5.73 Å². The molecule has 0 fully saturated rings. The van der Waals surface area contributed by atoms with Crippen LogP contribution in [-0.4, -0.2) is 29.5 Å². The van der Waals surface area contributed by atoms with Crippen molar-refractivity contribution < 1.29 is 0 Å². The number of nitrogens with two attached hydrogens (primary N) is 1. The van der Waals surface area contributed by atoms with E-state index in [0.717, 1.165) is 25.2 Å². The third kappa shape index (κ3) is 5.25. The molecule has 0 bridgehead atoms. The van der Waals surface area contributed by atoms with Crippen molar-refractivity contribution in [2.24, 2.45) is 11.7 Å². The smallest absolute Gasteiger partial charge is 0.0795 e. The van der Waals surface area contributed by atoms with Gasteiger partial charge in [-0.15, -0.1) is 11.3 Å². The van der Waals surface area contributed by atoms with Gasteiger partial charge in [0.15, 0.2) is 0 Å². The van der Waals surface area contributed by atoms with Crippen LogP contribution in [0.2, 0.25) is 0 Å². The summed E-state index contributed by atoms with van der Waals surface area (Å²) in [4.78, 5) is 6.50. The van der Waals surface area contributed by atoms with Crippen molar-refractivity contribution in [3.63, 3.8) is 0 Å². The Labute approximate surface area is 96.3 Å². The van der Waals surface area contributed by atoms with Gasteiger partial charge in [-0.3, -0.25) is 4.90 Å². The Morgan fingerprint density at radius 1 is 1.53 bits per heavy atom. The summed E-state index contributed by atoms with van der Waals surface area (Å²) in [7, 11) is 2.10. The summed E-state index contributed by atoms with van der Waals surface area (Å²) in [6.07, 6.45) is 1.08. The van der Waals surface area contributed by atoms with E-state index in [1.165, 1.54) is 0 Å². The van der Waals surface area contributed by atoms with Gasteiger partial charge in [0.2, 0.25) is 0 Å². The average Bonchev–Trinajstić information content (AvgIpc) is 2.53. The molecule has 86 valence electrons. The molecule has 3 nitrogen and oxygen atoms in total. The van der Waals surface area contributed by atoms with Crippen molar-refractivity contribution in [1.29, 1.82) is 0 Å². The van der Waals surface area contributed by atoms with Gasteiger partial charge in [-0.2, -0.15) is 0 Å². The summed E-state index contributed by atoms with van der Waals surface area (Å²) < 4.78 is 0. The maximum Gasteiger partial charge on any atom is 0.0795 e. The van der Waals surface area contributed by atoms with Gasteiger partial charge in [0.25, 0.3) is 0 Å². The first-order valence-corrected chi connectivity index (χ1v) is 6.33. The molecule has 1 heterocycles. The first-order chi connectivity index (χ1) is 7.08. The second-order valence-electron chi connectivity index (χ2n) is 4.57. The molecule has 1 aromatic heterocycles. The van der Waals surface area contributed by atoms with Crippen LogP contribution in [0.4, 0.5) is 0 Å². The Hall–Kier alpha value is -0.450. The van der Waals surface area contributed by atoms with Crippen molar-refractivity contribution >= 4 is 11.3 Å². The van der Waals surface area contributed by atoms with Crippen molar-refractivity contribution in [2.45, 2.75) is 32.9 Å². The van der Waals surface area contributed by atoms with Gasteiger partial charge in [-0.25, -0.2) is 4.98 Å². The molecule has 0 amide bonds. The highest BCUT2D eigenvalue weighted by Gasteiger charge is 2.09. The van der Waals surface area contributed by atoms with Gasteiger partial charge in [0.05, 0.1) is 11.2 Å². The van der Waals surface area contributed by atoms with Gasteiger partial charge in [-0.1, -0.05) is 13.8 Å². The summed E-state index contributed by atoms with van der Waals surface area (Å²) in [5, 5.41) is 2.09. The van der Waals surface area contributed by atoms with E-state index >= 15 is 0 Å².